The van der Waals surface area contributed by atoms with Crippen molar-refractivity contribution >= 4 is 46.2 Å². The van der Waals surface area contributed by atoms with E-state index in [0.29, 0.717) is 42.3 Å². The Balaban J connectivity index is 1.43. The number of hydrogen-bond acceptors (Lipinski definition) is 6. The van der Waals surface area contributed by atoms with E-state index in [4.69, 9.17) is 16.6 Å². The van der Waals surface area contributed by atoms with Gasteiger partial charge < -0.3 is 15.3 Å². The smallest absolute Gasteiger partial charge is 0.160 e. The summed E-state index contributed by atoms with van der Waals surface area (Å²) >= 11 is 6.26. The maximum absolute atomic E-state index is 13.0. The molecule has 7 nitrogen and oxygen atoms in total. The summed E-state index contributed by atoms with van der Waals surface area (Å²) in [4.78, 5) is 19.2. The summed E-state index contributed by atoms with van der Waals surface area (Å²) in [5, 5.41) is 21.6. The van der Waals surface area contributed by atoms with E-state index in [1.165, 1.54) is 6.92 Å². The van der Waals surface area contributed by atoms with Crippen LogP contribution in [-0.2, 0) is 0 Å². The fourth-order valence-electron chi connectivity index (χ4n) is 4.51. The molecule has 2 aliphatic rings. The molecule has 0 atom stereocenters. The minimum atomic E-state index is -0.364. The number of Topliss-reactive ketones (excluding diaryl/α,β-unsaturated/α-hetero) is 1. The Bertz CT molecular complexity index is 1360. The highest BCUT2D eigenvalue weighted by atomic mass is 35.5. The van der Waals surface area contributed by atoms with E-state index in [0.717, 1.165) is 28.5 Å². The van der Waals surface area contributed by atoms with Crippen LogP contribution in [0.3, 0.4) is 0 Å². The van der Waals surface area contributed by atoms with Crippen molar-refractivity contribution in [2.24, 2.45) is 10.1 Å². The van der Waals surface area contributed by atoms with Crippen molar-refractivity contribution in [1.82, 2.24) is 4.90 Å². The monoisotopic (exact) mass is 487 g/mol. The molecule has 178 valence electrons. The van der Waals surface area contributed by atoms with Gasteiger partial charge in [-0.25, -0.2) is 4.99 Å². The van der Waals surface area contributed by atoms with Gasteiger partial charge in [0.25, 0.3) is 0 Å². The molecule has 0 bridgehead atoms. The number of carbonyl (C=O) groups excluding carboxylic acids is 1. The molecule has 0 amide bonds. The van der Waals surface area contributed by atoms with Gasteiger partial charge in [-0.05, 0) is 37.3 Å². The first kappa shape index (κ1) is 23.1. The molecule has 0 aromatic heterocycles. The summed E-state index contributed by atoms with van der Waals surface area (Å²) < 4.78 is 0.247. The molecule has 0 spiro atoms. The SMILES string of the molecule is CC(=O)c1ccccc1/C([O-])=N/[N+]1(C)CCN(C2=Nc3cc(Cl)ccc3Nc3ccccc32)CC1. The van der Waals surface area contributed by atoms with Crippen LogP contribution in [0.1, 0.15) is 28.4 Å². The highest BCUT2D eigenvalue weighted by Crippen LogP contribution is 2.36. The number of amidine groups is 1. The fraction of sp³-hybridized carbons (Fsp3) is 0.222. The molecular weight excluding hydrogens is 462 g/mol. The minimum absolute atomic E-state index is 0.143. The summed E-state index contributed by atoms with van der Waals surface area (Å²) in [5.74, 6) is 0.362. The average molecular weight is 488 g/mol. The first-order chi connectivity index (χ1) is 16.8. The number of para-hydroxylation sites is 1. The van der Waals surface area contributed by atoms with Gasteiger partial charge in [0.2, 0.25) is 0 Å². The van der Waals surface area contributed by atoms with Gasteiger partial charge in [0.1, 0.15) is 18.9 Å². The number of carbonyl (C=O) groups is 1. The highest BCUT2D eigenvalue weighted by molar-refractivity contribution is 6.31. The van der Waals surface area contributed by atoms with Gasteiger partial charge in [0.05, 0.1) is 37.4 Å². The molecule has 2 aliphatic heterocycles. The Morgan fingerprint density at radius 2 is 1.71 bits per heavy atom. The van der Waals surface area contributed by atoms with Crippen molar-refractivity contribution in [3.8, 4) is 0 Å². The number of fused-ring (bicyclic) bond motifs is 2. The number of aliphatic imine (C=N–C) groups is 1. The second kappa shape index (κ2) is 9.17. The van der Waals surface area contributed by atoms with Crippen LogP contribution in [0.15, 0.2) is 76.8 Å². The van der Waals surface area contributed by atoms with E-state index < -0.39 is 0 Å². The summed E-state index contributed by atoms with van der Waals surface area (Å²) in [6.45, 7) is 4.07. The molecule has 8 heteroatoms. The van der Waals surface area contributed by atoms with Gasteiger partial charge in [-0.2, -0.15) is 4.59 Å². The van der Waals surface area contributed by atoms with Crippen LogP contribution in [0.2, 0.25) is 5.02 Å². The Hall–Kier alpha value is -3.68. The summed E-state index contributed by atoms with van der Waals surface area (Å²) in [7, 11) is 1.95. The third-order valence-electron chi connectivity index (χ3n) is 6.50. The number of anilines is 2. The molecule has 3 aromatic rings. The lowest BCUT2D eigenvalue weighted by Gasteiger charge is -2.39. The number of piperazine rings is 1. The van der Waals surface area contributed by atoms with Crippen LogP contribution < -0.4 is 10.4 Å². The molecule has 1 fully saturated rings. The minimum Gasteiger partial charge on any atom is -0.855 e. The van der Waals surface area contributed by atoms with E-state index in [1.807, 2.05) is 43.4 Å². The number of quaternary nitrogens is 1. The Kier molecular flexibility index (Phi) is 6.05. The molecule has 0 unspecified atom stereocenters. The van der Waals surface area contributed by atoms with Gasteiger partial charge in [-0.3, -0.25) is 4.79 Å². The Labute approximate surface area is 209 Å². The third kappa shape index (κ3) is 4.65. The largest absolute Gasteiger partial charge is 0.855 e. The van der Waals surface area contributed by atoms with E-state index in [2.05, 4.69) is 21.4 Å². The Morgan fingerprint density at radius 3 is 2.46 bits per heavy atom. The second-order valence-electron chi connectivity index (χ2n) is 9.05. The van der Waals surface area contributed by atoms with Crippen molar-refractivity contribution in [3.63, 3.8) is 0 Å². The molecule has 5 rings (SSSR count). The summed E-state index contributed by atoms with van der Waals surface area (Å²) in [5.41, 5.74) is 4.44. The van der Waals surface area contributed by atoms with Crippen LogP contribution >= 0.6 is 11.6 Å². The van der Waals surface area contributed by atoms with Crippen molar-refractivity contribution in [1.29, 1.82) is 0 Å². The lowest BCUT2D eigenvalue weighted by Crippen LogP contribution is -2.56. The van der Waals surface area contributed by atoms with Crippen molar-refractivity contribution < 1.29 is 14.5 Å². The van der Waals surface area contributed by atoms with Gasteiger partial charge in [-0.1, -0.05) is 53.1 Å². The number of likely N-dealkylation sites (N-methyl/N-ethyl adjacent to an activating group) is 1. The zero-order valence-electron chi connectivity index (χ0n) is 19.7. The highest BCUT2D eigenvalue weighted by Gasteiger charge is 2.32. The number of nitrogens with one attached hydrogen (secondary N) is 1. The summed E-state index contributed by atoms with van der Waals surface area (Å²) in [6.07, 6.45) is 0. The molecule has 2 heterocycles. The van der Waals surface area contributed by atoms with Crippen molar-refractivity contribution in [2.75, 3.05) is 38.5 Å². The predicted molar refractivity (Wildman–Crippen MR) is 138 cm³/mol. The van der Waals surface area contributed by atoms with Gasteiger partial charge >= 0.3 is 0 Å². The molecule has 35 heavy (non-hydrogen) atoms. The second-order valence-corrected chi connectivity index (χ2v) is 9.48. The normalized spacial score (nSPS) is 16.9. The van der Waals surface area contributed by atoms with Crippen LogP contribution in [0, 0.1) is 0 Å². The first-order valence-corrected chi connectivity index (χ1v) is 11.9. The predicted octanol–water partition coefficient (Wildman–Crippen LogP) is 4.16. The number of halogens is 1. The molecule has 0 saturated carbocycles. The lowest BCUT2D eigenvalue weighted by molar-refractivity contribution is -0.920. The third-order valence-corrected chi connectivity index (χ3v) is 6.73. The molecule has 1 saturated heterocycles. The van der Waals surface area contributed by atoms with Crippen molar-refractivity contribution in [3.05, 3.63) is 88.4 Å². The number of rotatable bonds is 3. The van der Waals surface area contributed by atoms with Crippen LogP contribution in [0.4, 0.5) is 17.1 Å². The van der Waals surface area contributed by atoms with E-state index in [9.17, 15) is 9.90 Å². The average Bonchev–Trinajstić information content (AvgIpc) is 3.01. The van der Waals surface area contributed by atoms with Gasteiger partial charge in [0, 0.05) is 27.4 Å². The zero-order valence-corrected chi connectivity index (χ0v) is 20.4. The Morgan fingerprint density at radius 1 is 1.03 bits per heavy atom. The van der Waals surface area contributed by atoms with E-state index in [-0.39, 0.29) is 16.3 Å². The topological polar surface area (TPSA) is 80.1 Å². The number of nitrogens with zero attached hydrogens (tertiary/aromatic N) is 4. The number of hydrogen-bond donors (Lipinski definition) is 1. The molecule has 3 aromatic carbocycles. The quantitative estimate of drug-likeness (QED) is 0.260. The van der Waals surface area contributed by atoms with Gasteiger partial charge in [-0.15, -0.1) is 0 Å². The van der Waals surface area contributed by atoms with Crippen molar-refractivity contribution in [2.45, 2.75) is 6.92 Å². The van der Waals surface area contributed by atoms with E-state index in [1.54, 1.807) is 24.3 Å². The van der Waals surface area contributed by atoms with Crippen LogP contribution in [0.5, 0.6) is 0 Å². The first-order valence-electron chi connectivity index (χ1n) is 11.5. The maximum atomic E-state index is 13.0. The van der Waals surface area contributed by atoms with Gasteiger partial charge in [0.15, 0.2) is 5.78 Å². The van der Waals surface area contributed by atoms with Crippen LogP contribution in [-0.4, -0.2) is 60.2 Å². The molecule has 1 N–H and O–H groups in total. The van der Waals surface area contributed by atoms with Crippen LogP contribution in [0.25, 0.3) is 0 Å². The fourth-order valence-corrected chi connectivity index (χ4v) is 4.67. The zero-order chi connectivity index (χ0) is 24.6. The molecule has 0 aliphatic carbocycles. The lowest BCUT2D eigenvalue weighted by atomic mass is 10.0. The summed E-state index contributed by atoms with van der Waals surface area (Å²) in [6, 6.07) is 20.6. The van der Waals surface area contributed by atoms with E-state index >= 15 is 0 Å². The number of ketones is 1. The molecular formula is C27H26ClN5O2. The standard InChI is InChI=1S/C27H26ClN5O2/c1-18(34)20-7-3-4-8-21(20)27(35)31-33(2)15-13-32(14-16-33)26-22-9-5-6-10-23(22)29-24-12-11-19(28)17-25(24)30-26/h3-12,17H,13-16H2,1-2H3,(H-,29,30,31,35). The maximum Gasteiger partial charge on any atom is 0.160 e. The number of benzene rings is 3. The molecule has 0 radical (unpaired) electrons.